The molecule has 0 aliphatic carbocycles. The van der Waals surface area contributed by atoms with Crippen molar-refractivity contribution in [3.8, 4) is 0 Å². The van der Waals surface area contributed by atoms with Crippen LogP contribution in [0, 0.1) is 0 Å². The van der Waals surface area contributed by atoms with E-state index in [0.29, 0.717) is 0 Å². The third-order valence-electron chi connectivity index (χ3n) is 3.69. The molecule has 0 saturated carbocycles. The van der Waals surface area contributed by atoms with E-state index in [4.69, 9.17) is 0 Å². The molecule has 9 heteroatoms. The average Bonchev–Trinajstić information content (AvgIpc) is 3.09. The van der Waals surface area contributed by atoms with Crippen LogP contribution < -0.4 is 5.32 Å². The Kier molecular flexibility index (Phi) is 8.74. The standard InChI is InChI=1S/C15H24BrN7.HI/c1-5-14-20-19-11-23(14)7-6-18-15(17-2)22(4)10-13-8-12(16)9-21(13)3;/h8-9,11H,5-7,10H2,1-4H3,(H,17,18);1H. The van der Waals surface area contributed by atoms with Crippen LogP contribution in [-0.4, -0.2) is 50.8 Å². The highest BCUT2D eigenvalue weighted by Gasteiger charge is 2.10. The van der Waals surface area contributed by atoms with E-state index in [1.165, 1.54) is 5.69 Å². The van der Waals surface area contributed by atoms with Crippen LogP contribution in [0.2, 0.25) is 0 Å². The number of aliphatic imine (C=N–C) groups is 1. The van der Waals surface area contributed by atoms with Gasteiger partial charge in [0, 0.05) is 57.0 Å². The zero-order valence-corrected chi connectivity index (χ0v) is 18.4. The second-order valence-electron chi connectivity index (χ2n) is 5.38. The summed E-state index contributed by atoms with van der Waals surface area (Å²) >= 11 is 3.50. The lowest BCUT2D eigenvalue weighted by atomic mass is 10.4. The normalized spacial score (nSPS) is 11.3. The maximum Gasteiger partial charge on any atom is 0.193 e. The minimum Gasteiger partial charge on any atom is -0.354 e. The summed E-state index contributed by atoms with van der Waals surface area (Å²) in [6.07, 6.45) is 4.71. The van der Waals surface area contributed by atoms with E-state index in [0.717, 1.165) is 42.3 Å². The van der Waals surface area contributed by atoms with Gasteiger partial charge in [0.15, 0.2) is 5.96 Å². The van der Waals surface area contributed by atoms with Crippen molar-refractivity contribution in [1.82, 2.24) is 29.5 Å². The lowest BCUT2D eigenvalue weighted by Crippen LogP contribution is -2.40. The minimum absolute atomic E-state index is 0. The summed E-state index contributed by atoms with van der Waals surface area (Å²) in [7, 11) is 5.88. The lowest BCUT2D eigenvalue weighted by molar-refractivity contribution is 0.458. The summed E-state index contributed by atoms with van der Waals surface area (Å²) in [6, 6.07) is 2.12. The van der Waals surface area contributed by atoms with E-state index in [1.807, 2.05) is 14.1 Å². The molecule has 0 unspecified atom stereocenters. The number of rotatable bonds is 6. The number of halogens is 2. The highest BCUT2D eigenvalue weighted by atomic mass is 127. The summed E-state index contributed by atoms with van der Waals surface area (Å²) in [5.41, 5.74) is 1.22. The van der Waals surface area contributed by atoms with E-state index in [1.54, 1.807) is 13.4 Å². The van der Waals surface area contributed by atoms with Crippen molar-refractivity contribution in [1.29, 1.82) is 0 Å². The molecule has 0 spiro atoms. The third-order valence-corrected chi connectivity index (χ3v) is 4.13. The molecule has 134 valence electrons. The Morgan fingerprint density at radius 2 is 2.21 bits per heavy atom. The van der Waals surface area contributed by atoms with Crippen LogP contribution >= 0.6 is 39.9 Å². The van der Waals surface area contributed by atoms with E-state index >= 15 is 0 Å². The molecular weight excluding hydrogens is 485 g/mol. The van der Waals surface area contributed by atoms with Gasteiger partial charge in [0.05, 0.1) is 6.54 Å². The lowest BCUT2D eigenvalue weighted by Gasteiger charge is -2.22. The van der Waals surface area contributed by atoms with Gasteiger partial charge in [-0.15, -0.1) is 34.2 Å². The molecule has 0 aliphatic heterocycles. The Hall–Kier alpha value is -1.10. The molecule has 0 saturated heterocycles. The highest BCUT2D eigenvalue weighted by Crippen LogP contribution is 2.14. The largest absolute Gasteiger partial charge is 0.354 e. The van der Waals surface area contributed by atoms with E-state index in [2.05, 4.69) is 69.7 Å². The predicted octanol–water partition coefficient (Wildman–Crippen LogP) is 2.27. The Bertz CT molecular complexity index is 665. The van der Waals surface area contributed by atoms with Gasteiger partial charge < -0.3 is 19.4 Å². The number of hydrogen-bond donors (Lipinski definition) is 1. The van der Waals surface area contributed by atoms with Gasteiger partial charge in [-0.2, -0.15) is 0 Å². The van der Waals surface area contributed by atoms with Crippen LogP contribution in [0.1, 0.15) is 18.4 Å². The summed E-state index contributed by atoms with van der Waals surface area (Å²) in [5, 5.41) is 11.4. The van der Waals surface area contributed by atoms with Crippen LogP contribution in [-0.2, 0) is 26.6 Å². The minimum atomic E-state index is 0. The molecule has 1 N–H and O–H groups in total. The van der Waals surface area contributed by atoms with Gasteiger partial charge in [-0.25, -0.2) is 0 Å². The van der Waals surface area contributed by atoms with E-state index in [9.17, 15) is 0 Å². The molecule has 0 aliphatic rings. The molecule has 2 aromatic heterocycles. The second-order valence-corrected chi connectivity index (χ2v) is 6.30. The van der Waals surface area contributed by atoms with Gasteiger partial charge in [0.2, 0.25) is 0 Å². The Balaban J connectivity index is 0.00000288. The molecule has 2 heterocycles. The van der Waals surface area contributed by atoms with Gasteiger partial charge in [-0.3, -0.25) is 4.99 Å². The van der Waals surface area contributed by atoms with Gasteiger partial charge >= 0.3 is 0 Å². The number of aromatic nitrogens is 4. The van der Waals surface area contributed by atoms with Crippen molar-refractivity contribution in [2.24, 2.45) is 12.0 Å². The summed E-state index contributed by atoms with van der Waals surface area (Å²) in [5.74, 6) is 1.87. The molecule has 7 nitrogen and oxygen atoms in total. The van der Waals surface area contributed by atoms with Gasteiger partial charge in [0.1, 0.15) is 12.2 Å². The second kappa shape index (κ2) is 10.0. The van der Waals surface area contributed by atoms with Gasteiger partial charge in [-0.05, 0) is 22.0 Å². The van der Waals surface area contributed by atoms with Crippen LogP contribution in [0.25, 0.3) is 0 Å². The molecule has 0 bridgehead atoms. The molecule has 0 aromatic carbocycles. The summed E-state index contributed by atoms with van der Waals surface area (Å²) in [6.45, 7) is 4.46. The van der Waals surface area contributed by atoms with E-state index < -0.39 is 0 Å². The summed E-state index contributed by atoms with van der Waals surface area (Å²) < 4.78 is 5.26. The fraction of sp³-hybridized carbons (Fsp3) is 0.533. The molecule has 24 heavy (non-hydrogen) atoms. The van der Waals surface area contributed by atoms with Crippen LogP contribution in [0.15, 0.2) is 28.1 Å². The number of nitrogens with one attached hydrogen (secondary N) is 1. The Morgan fingerprint density at radius 1 is 1.46 bits per heavy atom. The van der Waals surface area contributed by atoms with E-state index in [-0.39, 0.29) is 24.0 Å². The molecular formula is C15H25BrIN7. The zero-order valence-electron chi connectivity index (χ0n) is 14.5. The SMILES string of the molecule is CCc1nncn1CCNC(=NC)N(C)Cc1cc(Br)cn1C.I. The average molecular weight is 510 g/mol. The van der Waals surface area contributed by atoms with Crippen molar-refractivity contribution < 1.29 is 0 Å². The first-order chi connectivity index (χ1) is 11.0. The van der Waals surface area contributed by atoms with Crippen molar-refractivity contribution in [2.45, 2.75) is 26.4 Å². The first-order valence-corrected chi connectivity index (χ1v) is 8.43. The number of guanidine groups is 1. The fourth-order valence-corrected chi connectivity index (χ4v) is 3.02. The third kappa shape index (κ3) is 5.47. The van der Waals surface area contributed by atoms with Crippen LogP contribution in [0.5, 0.6) is 0 Å². The molecule has 0 atom stereocenters. The number of aryl methyl sites for hydroxylation is 2. The van der Waals surface area contributed by atoms with Crippen LogP contribution in [0.3, 0.4) is 0 Å². The predicted molar refractivity (Wildman–Crippen MR) is 111 cm³/mol. The fourth-order valence-electron chi connectivity index (χ4n) is 2.45. The number of hydrogen-bond acceptors (Lipinski definition) is 3. The Labute approximate surface area is 168 Å². The maximum atomic E-state index is 4.35. The van der Waals surface area contributed by atoms with Crippen molar-refractivity contribution in [3.63, 3.8) is 0 Å². The molecule has 0 fully saturated rings. The highest BCUT2D eigenvalue weighted by molar-refractivity contribution is 14.0. The monoisotopic (exact) mass is 509 g/mol. The topological polar surface area (TPSA) is 63.3 Å². The summed E-state index contributed by atoms with van der Waals surface area (Å²) in [4.78, 5) is 6.46. The molecule has 2 aromatic rings. The molecule has 2 rings (SSSR count). The van der Waals surface area contributed by atoms with Crippen molar-refractivity contribution in [2.75, 3.05) is 20.6 Å². The zero-order chi connectivity index (χ0) is 16.8. The van der Waals surface area contributed by atoms with Gasteiger partial charge in [-0.1, -0.05) is 6.92 Å². The quantitative estimate of drug-likeness (QED) is 0.368. The van der Waals surface area contributed by atoms with Crippen molar-refractivity contribution >= 4 is 45.9 Å². The molecule has 0 amide bonds. The van der Waals surface area contributed by atoms with Crippen LogP contribution in [0.4, 0.5) is 0 Å². The van der Waals surface area contributed by atoms with Gasteiger partial charge in [0.25, 0.3) is 0 Å². The first-order valence-electron chi connectivity index (χ1n) is 7.64. The number of nitrogens with zero attached hydrogens (tertiary/aromatic N) is 6. The maximum absolute atomic E-state index is 4.35. The van der Waals surface area contributed by atoms with Crippen molar-refractivity contribution in [3.05, 3.63) is 34.6 Å². The first kappa shape index (κ1) is 20.9. The smallest absolute Gasteiger partial charge is 0.193 e. The Morgan fingerprint density at radius 3 is 2.79 bits per heavy atom. The molecule has 0 radical (unpaired) electrons.